The molecule has 116 valence electrons. The lowest BCUT2D eigenvalue weighted by atomic mass is 10.0. The van der Waals surface area contributed by atoms with Crippen molar-refractivity contribution >= 4 is 11.4 Å². The zero-order valence-corrected chi connectivity index (χ0v) is 12.7. The Morgan fingerprint density at radius 1 is 1.38 bits per heavy atom. The summed E-state index contributed by atoms with van der Waals surface area (Å²) in [7, 11) is 1.52. The number of piperidine rings is 1. The third-order valence-corrected chi connectivity index (χ3v) is 3.84. The van der Waals surface area contributed by atoms with Gasteiger partial charge < -0.3 is 15.0 Å². The van der Waals surface area contributed by atoms with Gasteiger partial charge in [-0.2, -0.15) is 0 Å². The summed E-state index contributed by atoms with van der Waals surface area (Å²) in [6.07, 6.45) is 3.30. The second-order valence-corrected chi connectivity index (χ2v) is 5.44. The first-order chi connectivity index (χ1) is 10.1. The summed E-state index contributed by atoms with van der Waals surface area (Å²) in [6, 6.07) is 5.19. The van der Waals surface area contributed by atoms with E-state index in [2.05, 4.69) is 17.1 Å². The topological polar surface area (TPSA) is 67.6 Å². The molecule has 6 heteroatoms. The highest BCUT2D eigenvalue weighted by Crippen LogP contribution is 2.27. The Kier molecular flexibility index (Phi) is 5.38. The number of nitrogens with zero attached hydrogens (tertiary/aromatic N) is 2. The number of hydrogen-bond acceptors (Lipinski definition) is 5. The molecule has 1 fully saturated rings. The second-order valence-electron chi connectivity index (χ2n) is 5.44. The van der Waals surface area contributed by atoms with Gasteiger partial charge >= 0.3 is 0 Å². The number of non-ortho nitro benzene ring substituents is 1. The standard InChI is InChI=1S/C15H23N3O3/c1-3-6-17-7-4-12(5-8-17)16-13-9-14(18(19)20)11-15(10-13)21-2/h9-12,16H,3-8H2,1-2H3. The van der Waals surface area contributed by atoms with Crippen LogP contribution in [0.15, 0.2) is 18.2 Å². The van der Waals surface area contributed by atoms with Gasteiger partial charge in [0.25, 0.3) is 5.69 Å². The number of anilines is 1. The Morgan fingerprint density at radius 2 is 2.10 bits per heavy atom. The predicted octanol–water partition coefficient (Wildman–Crippen LogP) is 2.89. The molecule has 6 nitrogen and oxygen atoms in total. The second kappa shape index (κ2) is 7.26. The largest absolute Gasteiger partial charge is 0.496 e. The third kappa shape index (κ3) is 4.32. The SMILES string of the molecule is CCCN1CCC(Nc2cc(OC)cc([N+](=O)[O-])c2)CC1. The van der Waals surface area contributed by atoms with E-state index >= 15 is 0 Å². The Hall–Kier alpha value is -1.82. The minimum Gasteiger partial charge on any atom is -0.496 e. The number of benzene rings is 1. The van der Waals surface area contributed by atoms with Crippen LogP contribution < -0.4 is 10.1 Å². The van der Waals surface area contributed by atoms with E-state index < -0.39 is 4.92 Å². The fourth-order valence-corrected chi connectivity index (χ4v) is 2.74. The summed E-state index contributed by atoms with van der Waals surface area (Å²) in [5.74, 6) is 0.509. The van der Waals surface area contributed by atoms with Crippen LogP contribution in [0, 0.1) is 10.1 Å². The number of likely N-dealkylation sites (tertiary alicyclic amines) is 1. The average molecular weight is 293 g/mol. The molecule has 1 aromatic carbocycles. The lowest BCUT2D eigenvalue weighted by Gasteiger charge is -2.32. The minimum absolute atomic E-state index is 0.0558. The van der Waals surface area contributed by atoms with Gasteiger partial charge in [-0.05, 0) is 25.8 Å². The van der Waals surface area contributed by atoms with Gasteiger partial charge in [-0.25, -0.2) is 0 Å². The van der Waals surface area contributed by atoms with Gasteiger partial charge in [0.1, 0.15) is 5.75 Å². The normalized spacial score (nSPS) is 16.7. The van der Waals surface area contributed by atoms with E-state index in [-0.39, 0.29) is 5.69 Å². The first kappa shape index (κ1) is 15.6. The number of methoxy groups -OCH3 is 1. The van der Waals surface area contributed by atoms with E-state index in [9.17, 15) is 10.1 Å². The summed E-state index contributed by atoms with van der Waals surface area (Å²) in [6.45, 7) is 5.51. The van der Waals surface area contributed by atoms with E-state index in [1.165, 1.54) is 19.6 Å². The van der Waals surface area contributed by atoms with Crippen LogP contribution in [0.4, 0.5) is 11.4 Å². The van der Waals surface area contributed by atoms with Crippen molar-refractivity contribution in [2.24, 2.45) is 0 Å². The lowest BCUT2D eigenvalue weighted by Crippen LogP contribution is -2.39. The van der Waals surface area contributed by atoms with Crippen molar-refractivity contribution in [3.05, 3.63) is 28.3 Å². The van der Waals surface area contributed by atoms with Crippen LogP contribution in [0.1, 0.15) is 26.2 Å². The monoisotopic (exact) mass is 293 g/mol. The van der Waals surface area contributed by atoms with Crippen molar-refractivity contribution in [3.63, 3.8) is 0 Å². The first-order valence-electron chi connectivity index (χ1n) is 7.44. The summed E-state index contributed by atoms with van der Waals surface area (Å²) >= 11 is 0. The average Bonchev–Trinajstić information content (AvgIpc) is 2.49. The highest BCUT2D eigenvalue weighted by molar-refractivity contribution is 5.56. The van der Waals surface area contributed by atoms with Gasteiger partial charge in [-0.1, -0.05) is 6.92 Å². The smallest absolute Gasteiger partial charge is 0.275 e. The van der Waals surface area contributed by atoms with Crippen molar-refractivity contribution in [3.8, 4) is 5.75 Å². The van der Waals surface area contributed by atoms with E-state index in [0.29, 0.717) is 11.8 Å². The summed E-state index contributed by atoms with van der Waals surface area (Å²) < 4.78 is 5.13. The van der Waals surface area contributed by atoms with E-state index in [0.717, 1.165) is 38.2 Å². The molecule has 0 amide bonds. The number of nitro benzene ring substituents is 1. The molecule has 0 spiro atoms. The number of nitrogens with one attached hydrogen (secondary N) is 1. The Morgan fingerprint density at radius 3 is 2.67 bits per heavy atom. The molecular formula is C15H23N3O3. The molecule has 1 N–H and O–H groups in total. The molecule has 0 atom stereocenters. The van der Waals surface area contributed by atoms with Crippen LogP contribution >= 0.6 is 0 Å². The molecule has 1 aliphatic heterocycles. The Labute approximate surface area is 125 Å². The van der Waals surface area contributed by atoms with Gasteiger partial charge in [-0.15, -0.1) is 0 Å². The van der Waals surface area contributed by atoms with Gasteiger partial charge in [0.2, 0.25) is 0 Å². The molecule has 0 aliphatic carbocycles. The number of hydrogen-bond donors (Lipinski definition) is 1. The minimum atomic E-state index is -0.391. The summed E-state index contributed by atoms with van der Waals surface area (Å²) in [4.78, 5) is 13.0. The molecule has 2 rings (SSSR count). The molecule has 1 aliphatic rings. The fraction of sp³-hybridized carbons (Fsp3) is 0.600. The maximum atomic E-state index is 10.9. The molecular weight excluding hydrogens is 270 g/mol. The summed E-state index contributed by atoms with van der Waals surface area (Å²) in [5.41, 5.74) is 0.815. The Bertz CT molecular complexity index is 485. The molecule has 1 saturated heterocycles. The van der Waals surface area contributed by atoms with Crippen LogP contribution in [0.2, 0.25) is 0 Å². The molecule has 0 aromatic heterocycles. The van der Waals surface area contributed by atoms with Crippen LogP contribution in [-0.2, 0) is 0 Å². The molecule has 0 saturated carbocycles. The molecule has 1 heterocycles. The number of ether oxygens (including phenoxy) is 1. The first-order valence-corrected chi connectivity index (χ1v) is 7.44. The Balaban J connectivity index is 2.00. The third-order valence-electron chi connectivity index (χ3n) is 3.84. The maximum absolute atomic E-state index is 10.9. The van der Waals surface area contributed by atoms with Gasteiger partial charge in [0.15, 0.2) is 0 Å². The summed E-state index contributed by atoms with van der Waals surface area (Å²) in [5, 5.41) is 14.3. The van der Waals surface area contributed by atoms with Crippen molar-refractivity contribution in [1.82, 2.24) is 4.90 Å². The van der Waals surface area contributed by atoms with E-state index in [4.69, 9.17) is 4.74 Å². The van der Waals surface area contributed by atoms with Gasteiger partial charge in [-0.3, -0.25) is 10.1 Å². The zero-order valence-electron chi connectivity index (χ0n) is 12.7. The zero-order chi connectivity index (χ0) is 15.2. The van der Waals surface area contributed by atoms with Crippen LogP contribution in [0.5, 0.6) is 5.75 Å². The lowest BCUT2D eigenvalue weighted by molar-refractivity contribution is -0.384. The van der Waals surface area contributed by atoms with Crippen molar-refractivity contribution < 1.29 is 9.66 Å². The highest BCUT2D eigenvalue weighted by Gasteiger charge is 2.19. The molecule has 0 radical (unpaired) electrons. The van der Waals surface area contributed by atoms with E-state index in [1.807, 2.05) is 6.07 Å². The number of nitro groups is 1. The highest BCUT2D eigenvalue weighted by atomic mass is 16.6. The predicted molar refractivity (Wildman–Crippen MR) is 83.0 cm³/mol. The fourth-order valence-electron chi connectivity index (χ4n) is 2.74. The molecule has 0 unspecified atom stereocenters. The van der Waals surface area contributed by atoms with Crippen molar-refractivity contribution in [1.29, 1.82) is 0 Å². The number of rotatable bonds is 6. The quantitative estimate of drug-likeness (QED) is 0.645. The van der Waals surface area contributed by atoms with Crippen molar-refractivity contribution in [2.75, 3.05) is 32.1 Å². The molecule has 0 bridgehead atoms. The van der Waals surface area contributed by atoms with Crippen LogP contribution in [0.3, 0.4) is 0 Å². The van der Waals surface area contributed by atoms with Crippen LogP contribution in [0.25, 0.3) is 0 Å². The molecule has 1 aromatic rings. The van der Waals surface area contributed by atoms with Gasteiger partial charge in [0.05, 0.1) is 18.1 Å². The van der Waals surface area contributed by atoms with Crippen molar-refractivity contribution in [2.45, 2.75) is 32.2 Å². The van der Waals surface area contributed by atoms with E-state index in [1.54, 1.807) is 6.07 Å². The molecule has 21 heavy (non-hydrogen) atoms. The van der Waals surface area contributed by atoms with Crippen LogP contribution in [-0.4, -0.2) is 42.6 Å². The maximum Gasteiger partial charge on any atom is 0.275 e. The van der Waals surface area contributed by atoms with Gasteiger partial charge in [0, 0.05) is 37.0 Å².